The number of ether oxygens (including phenoxy) is 1. The van der Waals surface area contributed by atoms with Gasteiger partial charge in [-0.25, -0.2) is 5.01 Å². The average Bonchev–Trinajstić information content (AvgIpc) is 3.15. The summed E-state index contributed by atoms with van der Waals surface area (Å²) in [5.74, 6) is 0.863. The van der Waals surface area contributed by atoms with Gasteiger partial charge in [-0.2, -0.15) is 5.10 Å². The fourth-order valence-electron chi connectivity index (χ4n) is 3.61. The van der Waals surface area contributed by atoms with Gasteiger partial charge in [-0.05, 0) is 35.9 Å². The maximum Gasteiger partial charge on any atom is 0.213 e. The molecule has 0 spiro atoms. The molecule has 0 aliphatic carbocycles. The maximum atomic E-state index is 6.30. The number of aromatic nitrogens is 1. The van der Waals surface area contributed by atoms with Gasteiger partial charge in [-0.1, -0.05) is 41.9 Å². The Kier molecular flexibility index (Phi) is 3.64. The molecule has 3 aromatic rings. The zero-order valence-electron chi connectivity index (χ0n) is 13.9. The van der Waals surface area contributed by atoms with E-state index in [4.69, 9.17) is 21.4 Å². The van der Waals surface area contributed by atoms with Crippen LogP contribution in [0.15, 0.2) is 78.2 Å². The normalized spacial score (nSPS) is 20.8. The highest BCUT2D eigenvalue weighted by molar-refractivity contribution is 6.30. The number of nitrogens with zero attached hydrogens (tertiary/aromatic N) is 3. The summed E-state index contributed by atoms with van der Waals surface area (Å²) in [5, 5.41) is 7.69. The predicted molar refractivity (Wildman–Crippen MR) is 101 cm³/mol. The molecule has 2 aromatic carbocycles. The number of hydrazone groups is 1. The van der Waals surface area contributed by atoms with Crippen molar-refractivity contribution < 1.29 is 4.74 Å². The molecule has 1 aromatic heterocycles. The predicted octanol–water partition coefficient (Wildman–Crippen LogP) is 4.98. The molecule has 5 heteroatoms. The van der Waals surface area contributed by atoms with E-state index < -0.39 is 0 Å². The van der Waals surface area contributed by atoms with Crippen molar-refractivity contribution in [3.63, 3.8) is 0 Å². The lowest BCUT2D eigenvalue weighted by Crippen LogP contribution is -2.33. The maximum absolute atomic E-state index is 6.30. The first-order valence-electron chi connectivity index (χ1n) is 8.57. The fraction of sp³-hybridized carbons (Fsp3) is 0.143. The Bertz CT molecular complexity index is 975. The topological polar surface area (TPSA) is 37.7 Å². The summed E-state index contributed by atoms with van der Waals surface area (Å²) in [5.41, 5.74) is 4.31. The molecule has 128 valence electrons. The van der Waals surface area contributed by atoms with E-state index in [-0.39, 0.29) is 12.3 Å². The van der Waals surface area contributed by atoms with Gasteiger partial charge >= 0.3 is 0 Å². The van der Waals surface area contributed by atoms with Crippen molar-refractivity contribution in [1.29, 1.82) is 0 Å². The number of pyridine rings is 1. The van der Waals surface area contributed by atoms with Crippen molar-refractivity contribution in [2.24, 2.45) is 5.10 Å². The summed E-state index contributed by atoms with van der Waals surface area (Å²) in [6.07, 6.45) is 4.10. The molecule has 0 unspecified atom stereocenters. The van der Waals surface area contributed by atoms with Crippen LogP contribution in [0.5, 0.6) is 5.75 Å². The third-order valence-electron chi connectivity index (χ3n) is 4.85. The Morgan fingerprint density at radius 2 is 1.81 bits per heavy atom. The van der Waals surface area contributed by atoms with E-state index in [1.165, 1.54) is 0 Å². The molecule has 2 aliphatic rings. The van der Waals surface area contributed by atoms with Crippen LogP contribution < -0.4 is 4.74 Å². The summed E-state index contributed by atoms with van der Waals surface area (Å²) in [6.45, 7) is 0. The van der Waals surface area contributed by atoms with Gasteiger partial charge in [-0.3, -0.25) is 4.98 Å². The Labute approximate surface area is 156 Å². The summed E-state index contributed by atoms with van der Waals surface area (Å²) >= 11 is 6.25. The number of hydrogen-bond acceptors (Lipinski definition) is 4. The van der Waals surface area contributed by atoms with E-state index in [1.807, 2.05) is 48.5 Å². The molecule has 0 N–H and O–H groups in total. The largest absolute Gasteiger partial charge is 0.464 e. The van der Waals surface area contributed by atoms with Gasteiger partial charge in [0, 0.05) is 35.0 Å². The Morgan fingerprint density at radius 3 is 2.62 bits per heavy atom. The molecule has 5 rings (SSSR count). The van der Waals surface area contributed by atoms with Crippen LogP contribution in [-0.4, -0.2) is 15.7 Å². The minimum Gasteiger partial charge on any atom is -0.464 e. The van der Waals surface area contributed by atoms with Gasteiger partial charge in [0.2, 0.25) is 6.23 Å². The third kappa shape index (κ3) is 2.54. The molecule has 3 heterocycles. The monoisotopic (exact) mass is 361 g/mol. The second-order valence-electron chi connectivity index (χ2n) is 6.45. The van der Waals surface area contributed by atoms with E-state index in [2.05, 4.69) is 22.1 Å². The highest BCUT2D eigenvalue weighted by Gasteiger charge is 2.41. The summed E-state index contributed by atoms with van der Waals surface area (Å²) in [6, 6.07) is 20.1. The van der Waals surface area contributed by atoms with Crippen LogP contribution in [0.3, 0.4) is 0 Å². The van der Waals surface area contributed by atoms with Gasteiger partial charge in [0.1, 0.15) is 5.75 Å². The lowest BCUT2D eigenvalue weighted by Gasteiger charge is -2.38. The van der Waals surface area contributed by atoms with Crippen molar-refractivity contribution in [3.05, 3.63) is 94.8 Å². The molecule has 2 atom stereocenters. The van der Waals surface area contributed by atoms with Crippen LogP contribution in [-0.2, 0) is 0 Å². The van der Waals surface area contributed by atoms with E-state index in [0.717, 1.165) is 34.6 Å². The minimum absolute atomic E-state index is 0.103. The van der Waals surface area contributed by atoms with Crippen LogP contribution in [0.1, 0.15) is 35.4 Å². The second kappa shape index (κ2) is 6.15. The standard InChI is InChI=1S/C21H16ClN3O/c22-16-6-7-20-17(12-16)19-13-18(14-4-2-1-3-5-14)24-25(19)21(26-20)15-8-10-23-11-9-15/h1-12,19,21H,13H2/t19-,21+/m0/s1. The Balaban J connectivity index is 1.62. The quantitative estimate of drug-likeness (QED) is 0.646. The molecule has 0 fully saturated rings. The van der Waals surface area contributed by atoms with Gasteiger partial charge in [0.05, 0.1) is 11.8 Å². The number of rotatable bonds is 2. The molecule has 26 heavy (non-hydrogen) atoms. The van der Waals surface area contributed by atoms with Crippen molar-refractivity contribution in [2.45, 2.75) is 18.7 Å². The molecule has 2 aliphatic heterocycles. The van der Waals surface area contributed by atoms with Crippen LogP contribution in [0.4, 0.5) is 0 Å². The molecular formula is C21H16ClN3O. The van der Waals surface area contributed by atoms with E-state index in [1.54, 1.807) is 12.4 Å². The first-order chi connectivity index (χ1) is 12.8. The smallest absolute Gasteiger partial charge is 0.213 e. The zero-order chi connectivity index (χ0) is 17.5. The van der Waals surface area contributed by atoms with E-state index in [0.29, 0.717) is 5.02 Å². The van der Waals surface area contributed by atoms with Gasteiger partial charge in [0.25, 0.3) is 0 Å². The van der Waals surface area contributed by atoms with Crippen molar-refractivity contribution >= 4 is 17.3 Å². The average molecular weight is 362 g/mol. The number of fused-ring (bicyclic) bond motifs is 3. The van der Waals surface area contributed by atoms with Gasteiger partial charge < -0.3 is 4.74 Å². The lowest BCUT2D eigenvalue weighted by molar-refractivity contribution is -0.0190. The summed E-state index contributed by atoms with van der Waals surface area (Å²) in [4.78, 5) is 4.12. The number of hydrogen-bond donors (Lipinski definition) is 0. The SMILES string of the molecule is Clc1ccc2c(c1)[C@@H]1CC(c3ccccc3)=NN1[C@@H](c1ccncc1)O2. The molecule has 0 saturated heterocycles. The number of benzene rings is 2. The van der Waals surface area contributed by atoms with Crippen LogP contribution in [0.25, 0.3) is 0 Å². The number of halogens is 1. The second-order valence-corrected chi connectivity index (χ2v) is 6.88. The Morgan fingerprint density at radius 1 is 1.00 bits per heavy atom. The molecule has 0 amide bonds. The highest BCUT2D eigenvalue weighted by Crippen LogP contribution is 2.48. The van der Waals surface area contributed by atoms with Crippen molar-refractivity contribution in [3.8, 4) is 5.75 Å². The first-order valence-corrected chi connectivity index (χ1v) is 8.95. The Hall–Kier alpha value is -2.85. The fourth-order valence-corrected chi connectivity index (χ4v) is 3.79. The van der Waals surface area contributed by atoms with Gasteiger partial charge in [0.15, 0.2) is 0 Å². The molecule has 0 saturated carbocycles. The molecule has 4 nitrogen and oxygen atoms in total. The van der Waals surface area contributed by atoms with E-state index in [9.17, 15) is 0 Å². The highest BCUT2D eigenvalue weighted by atomic mass is 35.5. The molecule has 0 radical (unpaired) electrons. The third-order valence-corrected chi connectivity index (χ3v) is 5.09. The summed E-state index contributed by atoms with van der Waals surface area (Å²) < 4.78 is 6.30. The lowest BCUT2D eigenvalue weighted by atomic mass is 9.96. The van der Waals surface area contributed by atoms with Crippen LogP contribution in [0, 0.1) is 0 Å². The van der Waals surface area contributed by atoms with Crippen molar-refractivity contribution in [2.75, 3.05) is 0 Å². The zero-order valence-corrected chi connectivity index (χ0v) is 14.7. The van der Waals surface area contributed by atoms with Crippen molar-refractivity contribution in [1.82, 2.24) is 9.99 Å². The summed E-state index contributed by atoms with van der Waals surface area (Å²) in [7, 11) is 0. The molecule has 0 bridgehead atoms. The minimum atomic E-state index is -0.280. The van der Waals surface area contributed by atoms with E-state index >= 15 is 0 Å². The molecular weight excluding hydrogens is 346 g/mol. The van der Waals surface area contributed by atoms with Gasteiger partial charge in [-0.15, -0.1) is 0 Å². The van der Waals surface area contributed by atoms with Crippen LogP contribution >= 0.6 is 11.6 Å². The first kappa shape index (κ1) is 15.4. The van der Waals surface area contributed by atoms with Crippen LogP contribution in [0.2, 0.25) is 5.02 Å².